The summed E-state index contributed by atoms with van der Waals surface area (Å²) < 4.78 is 32.6. The van der Waals surface area contributed by atoms with E-state index in [1.54, 1.807) is 18.3 Å². The van der Waals surface area contributed by atoms with Crippen molar-refractivity contribution in [2.75, 3.05) is 7.11 Å². The number of benzene rings is 1. The van der Waals surface area contributed by atoms with E-state index in [0.29, 0.717) is 5.75 Å². The van der Waals surface area contributed by atoms with Crippen molar-refractivity contribution in [1.29, 1.82) is 0 Å². The number of aryl methyl sites for hydroxylation is 3. The van der Waals surface area contributed by atoms with Crippen molar-refractivity contribution in [1.82, 2.24) is 9.71 Å². The first-order chi connectivity index (χ1) is 9.83. The highest BCUT2D eigenvalue weighted by molar-refractivity contribution is 7.89. The second-order valence-electron chi connectivity index (χ2n) is 4.78. The van der Waals surface area contributed by atoms with Gasteiger partial charge in [-0.05, 0) is 44.0 Å². The fourth-order valence-electron chi connectivity index (χ4n) is 1.85. The fraction of sp³-hybridized carbons (Fsp3) is 0.357. The minimum absolute atomic E-state index is 0.154. The number of hydrogen-bond donors (Lipinski definition) is 1. The highest BCUT2D eigenvalue weighted by Crippen LogP contribution is 2.27. The Bertz CT molecular complexity index is 752. The van der Waals surface area contributed by atoms with Crippen molar-refractivity contribution in [2.45, 2.75) is 32.2 Å². The minimum Gasteiger partial charge on any atom is -0.495 e. The van der Waals surface area contributed by atoms with Crippen LogP contribution in [0.4, 0.5) is 0 Å². The Balaban J connectivity index is 2.28. The van der Waals surface area contributed by atoms with Crippen molar-refractivity contribution < 1.29 is 13.2 Å². The van der Waals surface area contributed by atoms with E-state index in [2.05, 4.69) is 9.71 Å². The molecule has 0 amide bonds. The van der Waals surface area contributed by atoms with Crippen LogP contribution in [-0.4, -0.2) is 20.5 Å². The topological polar surface area (TPSA) is 68.3 Å². The van der Waals surface area contributed by atoms with Crippen LogP contribution in [0.25, 0.3) is 0 Å². The Morgan fingerprint density at radius 2 is 1.90 bits per heavy atom. The van der Waals surface area contributed by atoms with E-state index in [9.17, 15) is 8.42 Å². The molecule has 0 bridgehead atoms. The van der Waals surface area contributed by atoms with E-state index >= 15 is 0 Å². The molecule has 0 radical (unpaired) electrons. The Kier molecular flexibility index (Phi) is 4.65. The molecule has 21 heavy (non-hydrogen) atoms. The largest absolute Gasteiger partial charge is 0.495 e. The highest BCUT2D eigenvalue weighted by Gasteiger charge is 2.20. The first-order valence-electron chi connectivity index (χ1n) is 6.39. The third-order valence-electron chi connectivity index (χ3n) is 3.15. The van der Waals surface area contributed by atoms with Gasteiger partial charge < -0.3 is 4.74 Å². The average molecular weight is 326 g/mol. The summed E-state index contributed by atoms with van der Waals surface area (Å²) in [6.07, 6.45) is 1.73. The SMILES string of the molecule is COc1cc(C)c(C)cc1S(=O)(=O)NCc1ncc(C)s1. The Morgan fingerprint density at radius 1 is 1.24 bits per heavy atom. The van der Waals surface area contributed by atoms with E-state index in [0.717, 1.165) is 21.0 Å². The van der Waals surface area contributed by atoms with Crippen LogP contribution in [0.3, 0.4) is 0 Å². The first-order valence-corrected chi connectivity index (χ1v) is 8.69. The normalized spacial score (nSPS) is 11.6. The van der Waals surface area contributed by atoms with Crippen LogP contribution in [0.1, 0.15) is 21.0 Å². The number of methoxy groups -OCH3 is 1. The van der Waals surface area contributed by atoms with Gasteiger partial charge in [-0.2, -0.15) is 0 Å². The van der Waals surface area contributed by atoms with E-state index in [-0.39, 0.29) is 11.4 Å². The monoisotopic (exact) mass is 326 g/mol. The van der Waals surface area contributed by atoms with Crippen molar-refractivity contribution in [3.8, 4) is 5.75 Å². The number of aromatic nitrogens is 1. The van der Waals surface area contributed by atoms with Crippen molar-refractivity contribution in [3.63, 3.8) is 0 Å². The Hall–Kier alpha value is -1.44. The summed E-state index contributed by atoms with van der Waals surface area (Å²) in [7, 11) is -2.17. The minimum atomic E-state index is -3.64. The van der Waals surface area contributed by atoms with Crippen LogP contribution >= 0.6 is 11.3 Å². The molecule has 0 spiro atoms. The summed E-state index contributed by atoms with van der Waals surface area (Å²) in [4.78, 5) is 5.35. The van der Waals surface area contributed by atoms with Crippen LogP contribution in [0.15, 0.2) is 23.2 Å². The quantitative estimate of drug-likeness (QED) is 0.917. The van der Waals surface area contributed by atoms with Crippen LogP contribution < -0.4 is 9.46 Å². The molecule has 1 aromatic heterocycles. The molecule has 1 aromatic carbocycles. The Morgan fingerprint density at radius 3 is 2.48 bits per heavy atom. The van der Waals surface area contributed by atoms with E-state index in [4.69, 9.17) is 4.74 Å². The molecule has 2 aromatic rings. The maximum atomic E-state index is 12.4. The first kappa shape index (κ1) is 15.9. The summed E-state index contributed by atoms with van der Waals surface area (Å²) in [5.41, 5.74) is 1.89. The summed E-state index contributed by atoms with van der Waals surface area (Å²) in [5.74, 6) is 0.348. The van der Waals surface area contributed by atoms with Gasteiger partial charge in [0, 0.05) is 11.1 Å². The predicted molar refractivity (Wildman–Crippen MR) is 83.3 cm³/mol. The van der Waals surface area contributed by atoms with Crippen LogP contribution in [-0.2, 0) is 16.6 Å². The number of nitrogens with one attached hydrogen (secondary N) is 1. The summed E-state index contributed by atoms with van der Waals surface area (Å²) in [5, 5.41) is 0.735. The van der Waals surface area contributed by atoms with E-state index in [1.807, 2.05) is 20.8 Å². The maximum absolute atomic E-state index is 12.4. The van der Waals surface area contributed by atoms with Crippen LogP contribution in [0.2, 0.25) is 0 Å². The number of thiazole rings is 1. The molecule has 0 atom stereocenters. The molecule has 7 heteroatoms. The molecular formula is C14H18N2O3S2. The van der Waals surface area contributed by atoms with Crippen LogP contribution in [0.5, 0.6) is 5.75 Å². The molecule has 2 rings (SSSR count). The van der Waals surface area contributed by atoms with Gasteiger partial charge in [0.2, 0.25) is 10.0 Å². The van der Waals surface area contributed by atoms with Gasteiger partial charge in [0.15, 0.2) is 0 Å². The molecule has 1 heterocycles. The third-order valence-corrected chi connectivity index (χ3v) is 5.49. The molecule has 0 aliphatic rings. The zero-order valence-corrected chi connectivity index (χ0v) is 14.1. The zero-order chi connectivity index (χ0) is 15.6. The van der Waals surface area contributed by atoms with Gasteiger partial charge in [-0.25, -0.2) is 18.1 Å². The van der Waals surface area contributed by atoms with Gasteiger partial charge >= 0.3 is 0 Å². The lowest BCUT2D eigenvalue weighted by atomic mass is 10.1. The molecule has 0 aliphatic heterocycles. The summed E-state index contributed by atoms with van der Waals surface area (Å²) in [6.45, 7) is 5.90. The highest BCUT2D eigenvalue weighted by atomic mass is 32.2. The molecule has 0 aliphatic carbocycles. The molecule has 5 nitrogen and oxygen atoms in total. The van der Waals surface area contributed by atoms with Gasteiger partial charge in [0.1, 0.15) is 15.7 Å². The van der Waals surface area contributed by atoms with Crippen molar-refractivity contribution in [2.24, 2.45) is 0 Å². The molecule has 0 saturated heterocycles. The maximum Gasteiger partial charge on any atom is 0.244 e. The smallest absolute Gasteiger partial charge is 0.244 e. The molecule has 0 saturated carbocycles. The van der Waals surface area contributed by atoms with Gasteiger partial charge in [-0.1, -0.05) is 0 Å². The number of hydrogen-bond acceptors (Lipinski definition) is 5. The average Bonchev–Trinajstić information content (AvgIpc) is 2.85. The third kappa shape index (κ3) is 3.61. The molecule has 0 unspecified atom stereocenters. The number of nitrogens with zero attached hydrogens (tertiary/aromatic N) is 1. The van der Waals surface area contributed by atoms with E-state index in [1.165, 1.54) is 18.4 Å². The Labute approximate surface area is 129 Å². The van der Waals surface area contributed by atoms with Gasteiger partial charge in [0.25, 0.3) is 0 Å². The predicted octanol–water partition coefficient (Wildman–Crippen LogP) is 2.56. The lowest BCUT2D eigenvalue weighted by Crippen LogP contribution is -2.24. The summed E-state index contributed by atoms with van der Waals surface area (Å²) >= 11 is 1.47. The number of rotatable bonds is 5. The lowest BCUT2D eigenvalue weighted by molar-refractivity contribution is 0.401. The lowest BCUT2D eigenvalue weighted by Gasteiger charge is -2.12. The molecule has 114 valence electrons. The van der Waals surface area contributed by atoms with E-state index < -0.39 is 10.0 Å². The second-order valence-corrected chi connectivity index (χ2v) is 7.83. The molecule has 0 fully saturated rings. The fourth-order valence-corrected chi connectivity index (χ4v) is 3.89. The molecular weight excluding hydrogens is 308 g/mol. The number of sulfonamides is 1. The van der Waals surface area contributed by atoms with Gasteiger partial charge in [0.05, 0.1) is 13.7 Å². The number of ether oxygens (including phenoxy) is 1. The standard InChI is InChI=1S/C14H18N2O3S2/c1-9-5-12(19-4)13(6-10(9)2)21(17,18)16-8-14-15-7-11(3)20-14/h5-7,16H,8H2,1-4H3. The van der Waals surface area contributed by atoms with Gasteiger partial charge in [-0.3, -0.25) is 0 Å². The zero-order valence-electron chi connectivity index (χ0n) is 12.4. The van der Waals surface area contributed by atoms with Gasteiger partial charge in [-0.15, -0.1) is 11.3 Å². The van der Waals surface area contributed by atoms with Crippen molar-refractivity contribution >= 4 is 21.4 Å². The summed E-state index contributed by atoms with van der Waals surface area (Å²) in [6, 6.07) is 3.36. The van der Waals surface area contributed by atoms with Crippen LogP contribution in [0, 0.1) is 20.8 Å². The second kappa shape index (κ2) is 6.13. The van der Waals surface area contributed by atoms with Crippen molar-refractivity contribution in [3.05, 3.63) is 39.3 Å². The molecule has 1 N–H and O–H groups in total.